The molecule has 1 aliphatic heterocycles. The molecule has 2 heterocycles. The maximum atomic E-state index is 13.1. The molecule has 0 aliphatic carbocycles. The molecule has 3 rings (SSSR count). The van der Waals surface area contributed by atoms with Crippen LogP contribution in [0, 0.1) is 13.8 Å². The number of ether oxygens (including phenoxy) is 1. The van der Waals surface area contributed by atoms with Gasteiger partial charge in [-0.3, -0.25) is 14.3 Å². The first-order valence-corrected chi connectivity index (χ1v) is 10.2. The van der Waals surface area contributed by atoms with Crippen LogP contribution in [0.15, 0.2) is 29.8 Å². The van der Waals surface area contributed by atoms with Gasteiger partial charge in [-0.05, 0) is 58.6 Å². The molecule has 1 aliphatic rings. The van der Waals surface area contributed by atoms with Crippen LogP contribution in [-0.4, -0.2) is 70.7 Å². The van der Waals surface area contributed by atoms with Gasteiger partial charge < -0.3 is 19.6 Å². The number of carbonyl (C=O) groups excluding carboxylic acids is 2. The molecule has 8 heteroatoms. The molecule has 0 radical (unpaired) electrons. The van der Waals surface area contributed by atoms with Crippen LogP contribution in [0.4, 0.5) is 0 Å². The number of methoxy groups -OCH3 is 1. The molecule has 1 amide bonds. The van der Waals surface area contributed by atoms with Gasteiger partial charge >= 0.3 is 0 Å². The SMILES string of the molecule is COc1cccc(C2/C(=C(\O)c3c(C)nn(C)c3C)C(=O)C(=O)N2CCCN(C)C)c1. The van der Waals surface area contributed by atoms with Crippen LogP contribution in [0.1, 0.15) is 35.0 Å². The minimum Gasteiger partial charge on any atom is -0.507 e. The number of amides is 1. The van der Waals surface area contributed by atoms with E-state index in [1.165, 1.54) is 0 Å². The zero-order valence-electron chi connectivity index (χ0n) is 19.0. The van der Waals surface area contributed by atoms with E-state index in [-0.39, 0.29) is 11.3 Å². The van der Waals surface area contributed by atoms with Crippen molar-refractivity contribution in [3.63, 3.8) is 0 Å². The van der Waals surface area contributed by atoms with E-state index in [9.17, 15) is 14.7 Å². The van der Waals surface area contributed by atoms with Gasteiger partial charge in [0.15, 0.2) is 0 Å². The van der Waals surface area contributed by atoms with E-state index in [2.05, 4.69) is 5.10 Å². The molecule has 8 nitrogen and oxygen atoms in total. The number of hydrogen-bond donors (Lipinski definition) is 1. The van der Waals surface area contributed by atoms with Crippen LogP contribution < -0.4 is 4.74 Å². The number of aliphatic hydroxyl groups is 1. The summed E-state index contributed by atoms with van der Waals surface area (Å²) in [7, 11) is 7.26. The molecular weight excluding hydrogens is 396 g/mol. The van der Waals surface area contributed by atoms with E-state index in [1.54, 1.807) is 42.8 Å². The number of benzene rings is 1. The van der Waals surface area contributed by atoms with Gasteiger partial charge in [0, 0.05) is 19.3 Å². The third kappa shape index (κ3) is 4.20. The molecule has 1 N–H and O–H groups in total. The second-order valence-electron chi connectivity index (χ2n) is 8.10. The topological polar surface area (TPSA) is 87.9 Å². The van der Waals surface area contributed by atoms with Crippen LogP contribution in [-0.2, 0) is 16.6 Å². The maximum absolute atomic E-state index is 13.1. The molecule has 166 valence electrons. The molecule has 0 bridgehead atoms. The Morgan fingerprint density at radius 3 is 2.55 bits per heavy atom. The number of hydrogen-bond acceptors (Lipinski definition) is 6. The number of rotatable bonds is 7. The Morgan fingerprint density at radius 2 is 1.97 bits per heavy atom. The molecule has 1 saturated heterocycles. The van der Waals surface area contributed by atoms with Crippen molar-refractivity contribution in [1.29, 1.82) is 0 Å². The number of Topliss-reactive ketones (excluding diaryl/α,β-unsaturated/α-hetero) is 1. The van der Waals surface area contributed by atoms with Crippen LogP contribution in [0.5, 0.6) is 5.75 Å². The predicted octanol–water partition coefficient (Wildman–Crippen LogP) is 2.42. The molecule has 1 unspecified atom stereocenters. The van der Waals surface area contributed by atoms with E-state index in [0.717, 1.165) is 12.2 Å². The maximum Gasteiger partial charge on any atom is 0.295 e. The molecule has 2 aromatic rings. The monoisotopic (exact) mass is 426 g/mol. The third-order valence-corrected chi connectivity index (χ3v) is 5.70. The standard InChI is InChI=1S/C23H30N4O4/c1-14-18(15(2)26(5)24-14)21(28)19-20(16-9-7-10-17(13-16)31-6)27(23(30)22(19)29)12-8-11-25(3)4/h7,9-10,13,20,28H,8,11-12H2,1-6H3/b21-19+. The van der Waals surface area contributed by atoms with E-state index in [0.29, 0.717) is 35.5 Å². The minimum absolute atomic E-state index is 0.0855. The van der Waals surface area contributed by atoms with Crippen molar-refractivity contribution in [1.82, 2.24) is 19.6 Å². The number of likely N-dealkylation sites (tertiary alicyclic amines) is 1. The summed E-state index contributed by atoms with van der Waals surface area (Å²) in [5, 5.41) is 15.6. The predicted molar refractivity (Wildman–Crippen MR) is 118 cm³/mol. The summed E-state index contributed by atoms with van der Waals surface area (Å²) >= 11 is 0. The van der Waals surface area contributed by atoms with Crippen molar-refractivity contribution in [3.8, 4) is 5.75 Å². The first-order valence-electron chi connectivity index (χ1n) is 10.2. The van der Waals surface area contributed by atoms with Crippen LogP contribution in [0.3, 0.4) is 0 Å². The van der Waals surface area contributed by atoms with Gasteiger partial charge in [0.05, 0.1) is 30.0 Å². The Hall–Kier alpha value is -3.13. The minimum atomic E-state index is -0.698. The quantitative estimate of drug-likeness (QED) is 0.416. The summed E-state index contributed by atoms with van der Waals surface area (Å²) in [6, 6.07) is 6.56. The number of carbonyl (C=O) groups is 2. The van der Waals surface area contributed by atoms with Crippen LogP contribution >= 0.6 is 0 Å². The van der Waals surface area contributed by atoms with Crippen molar-refractivity contribution in [2.24, 2.45) is 7.05 Å². The van der Waals surface area contributed by atoms with Crippen LogP contribution in [0.25, 0.3) is 5.76 Å². The Balaban J connectivity index is 2.17. The van der Waals surface area contributed by atoms with Crippen molar-refractivity contribution in [3.05, 3.63) is 52.4 Å². The number of aliphatic hydroxyl groups excluding tert-OH is 1. The van der Waals surface area contributed by atoms with Gasteiger partial charge in [0.1, 0.15) is 11.5 Å². The highest BCUT2D eigenvalue weighted by atomic mass is 16.5. The lowest BCUT2D eigenvalue weighted by Gasteiger charge is -2.26. The highest BCUT2D eigenvalue weighted by molar-refractivity contribution is 6.46. The Bertz CT molecular complexity index is 1040. The summed E-state index contributed by atoms with van der Waals surface area (Å²) in [6.45, 7) is 4.76. The average Bonchev–Trinajstić information content (AvgIpc) is 3.13. The second-order valence-corrected chi connectivity index (χ2v) is 8.10. The zero-order valence-corrected chi connectivity index (χ0v) is 19.0. The molecule has 0 spiro atoms. The number of aryl methyl sites for hydroxylation is 2. The van der Waals surface area contributed by atoms with Gasteiger partial charge in [-0.2, -0.15) is 5.10 Å². The third-order valence-electron chi connectivity index (χ3n) is 5.70. The first kappa shape index (κ1) is 22.6. The highest BCUT2D eigenvalue weighted by Crippen LogP contribution is 2.41. The number of nitrogens with zero attached hydrogens (tertiary/aromatic N) is 4. The molecule has 1 fully saturated rings. The number of ketones is 1. The second kappa shape index (κ2) is 8.93. The largest absolute Gasteiger partial charge is 0.507 e. The molecule has 1 aromatic carbocycles. The first-order chi connectivity index (χ1) is 14.7. The van der Waals surface area contributed by atoms with Crippen molar-refractivity contribution < 1.29 is 19.4 Å². The number of aromatic nitrogens is 2. The summed E-state index contributed by atoms with van der Waals surface area (Å²) in [5.41, 5.74) is 2.60. The van der Waals surface area contributed by atoms with Gasteiger partial charge in [-0.1, -0.05) is 12.1 Å². The molecule has 31 heavy (non-hydrogen) atoms. The van der Waals surface area contributed by atoms with Crippen LogP contribution in [0.2, 0.25) is 0 Å². The lowest BCUT2D eigenvalue weighted by molar-refractivity contribution is -0.139. The van der Waals surface area contributed by atoms with Crippen molar-refractivity contribution in [2.75, 3.05) is 34.3 Å². The Kier molecular flexibility index (Phi) is 6.50. The Labute approximate surface area is 182 Å². The summed E-state index contributed by atoms with van der Waals surface area (Å²) in [4.78, 5) is 29.7. The smallest absolute Gasteiger partial charge is 0.295 e. The van der Waals surface area contributed by atoms with E-state index >= 15 is 0 Å². The fourth-order valence-corrected chi connectivity index (χ4v) is 4.08. The van der Waals surface area contributed by atoms with Gasteiger partial charge in [-0.15, -0.1) is 0 Å². The highest BCUT2D eigenvalue weighted by Gasteiger charge is 2.46. The summed E-state index contributed by atoms with van der Waals surface area (Å²) < 4.78 is 7.00. The lowest BCUT2D eigenvalue weighted by Crippen LogP contribution is -2.32. The molecule has 1 aromatic heterocycles. The van der Waals surface area contributed by atoms with E-state index < -0.39 is 17.7 Å². The fourth-order valence-electron chi connectivity index (χ4n) is 4.08. The lowest BCUT2D eigenvalue weighted by atomic mass is 9.94. The van der Waals surface area contributed by atoms with E-state index in [4.69, 9.17) is 4.74 Å². The van der Waals surface area contributed by atoms with Crippen molar-refractivity contribution in [2.45, 2.75) is 26.3 Å². The van der Waals surface area contributed by atoms with Gasteiger partial charge in [0.25, 0.3) is 11.7 Å². The van der Waals surface area contributed by atoms with Crippen molar-refractivity contribution >= 4 is 17.4 Å². The molecule has 1 atom stereocenters. The zero-order chi connectivity index (χ0) is 22.9. The summed E-state index contributed by atoms with van der Waals surface area (Å²) in [6.07, 6.45) is 0.700. The molecular formula is C23H30N4O4. The van der Waals surface area contributed by atoms with Gasteiger partial charge in [0.2, 0.25) is 0 Å². The normalized spacial score (nSPS) is 18.3. The Morgan fingerprint density at radius 1 is 1.26 bits per heavy atom. The average molecular weight is 427 g/mol. The fraction of sp³-hybridized carbons (Fsp3) is 0.435. The molecule has 0 saturated carbocycles. The van der Waals surface area contributed by atoms with Gasteiger partial charge in [-0.25, -0.2) is 0 Å². The van der Waals surface area contributed by atoms with E-state index in [1.807, 2.05) is 38.1 Å². The summed E-state index contributed by atoms with van der Waals surface area (Å²) in [5.74, 6) is -0.861.